The van der Waals surface area contributed by atoms with Crippen LogP contribution in [-0.4, -0.2) is 92.2 Å². The summed E-state index contributed by atoms with van der Waals surface area (Å²) in [7, 11) is 1.73. The van der Waals surface area contributed by atoms with E-state index in [0.29, 0.717) is 19.8 Å². The van der Waals surface area contributed by atoms with Crippen LogP contribution in [-0.2, 0) is 14.2 Å². The first-order valence-corrected chi connectivity index (χ1v) is 9.19. The van der Waals surface area contributed by atoms with Crippen LogP contribution >= 0.6 is 0 Å². The molecule has 0 spiro atoms. The van der Waals surface area contributed by atoms with Crippen LogP contribution in [0.2, 0.25) is 0 Å². The van der Waals surface area contributed by atoms with Gasteiger partial charge >= 0.3 is 6.09 Å². The largest absolute Gasteiger partial charge is 0.444 e. The number of carbonyl (C=O) groups excluding carboxylic acids is 1. The van der Waals surface area contributed by atoms with Crippen LogP contribution in [0, 0.1) is 0 Å². The number of rotatable bonds is 4. The topological polar surface area (TPSA) is 63.3 Å². The molecular formula is C18H35N3O4. The van der Waals surface area contributed by atoms with Gasteiger partial charge in [-0.05, 0) is 34.6 Å². The molecule has 7 heteroatoms. The Hall–Kier alpha value is -0.890. The van der Waals surface area contributed by atoms with Crippen molar-refractivity contribution in [1.29, 1.82) is 0 Å². The van der Waals surface area contributed by atoms with Crippen molar-refractivity contribution in [3.05, 3.63) is 0 Å². The van der Waals surface area contributed by atoms with E-state index in [0.717, 1.165) is 26.2 Å². The molecule has 0 aliphatic carbocycles. The summed E-state index contributed by atoms with van der Waals surface area (Å²) in [6.45, 7) is 15.1. The highest BCUT2D eigenvalue weighted by atomic mass is 16.6. The highest BCUT2D eigenvalue weighted by Gasteiger charge is 2.39. The lowest BCUT2D eigenvalue weighted by Gasteiger charge is -2.47. The van der Waals surface area contributed by atoms with Gasteiger partial charge in [0, 0.05) is 45.4 Å². The van der Waals surface area contributed by atoms with Gasteiger partial charge in [-0.2, -0.15) is 0 Å². The first-order chi connectivity index (χ1) is 11.6. The minimum Gasteiger partial charge on any atom is -0.444 e. The standard InChI is InChI=1S/C18H35N3O4/c1-14-9-19-15(11-21(14)16(22)25-17(2,3)4)10-20-7-8-24-13-18(20,5)12-23-6/h14-15,19H,7-13H2,1-6H3/t14-,15+,18?/m1/s1. The number of piperazine rings is 1. The molecule has 2 saturated heterocycles. The van der Waals surface area contributed by atoms with Gasteiger partial charge in [-0.1, -0.05) is 0 Å². The van der Waals surface area contributed by atoms with E-state index in [1.165, 1.54) is 0 Å². The maximum absolute atomic E-state index is 12.5. The van der Waals surface area contributed by atoms with Crippen LogP contribution in [0.4, 0.5) is 4.79 Å². The van der Waals surface area contributed by atoms with Crippen LogP contribution in [0.25, 0.3) is 0 Å². The van der Waals surface area contributed by atoms with E-state index >= 15 is 0 Å². The van der Waals surface area contributed by atoms with Gasteiger partial charge in [0.2, 0.25) is 0 Å². The number of methoxy groups -OCH3 is 1. The van der Waals surface area contributed by atoms with Gasteiger partial charge in [0.15, 0.2) is 0 Å². The molecule has 2 heterocycles. The lowest BCUT2D eigenvalue weighted by Crippen LogP contribution is -2.65. The van der Waals surface area contributed by atoms with Crippen molar-refractivity contribution in [1.82, 2.24) is 15.1 Å². The highest BCUT2D eigenvalue weighted by molar-refractivity contribution is 5.68. The molecule has 2 fully saturated rings. The molecule has 2 aliphatic heterocycles. The summed E-state index contributed by atoms with van der Waals surface area (Å²) < 4.78 is 16.6. The zero-order chi connectivity index (χ0) is 18.7. The number of hydrogen-bond acceptors (Lipinski definition) is 6. The van der Waals surface area contributed by atoms with Gasteiger partial charge in [0.25, 0.3) is 0 Å². The third-order valence-corrected chi connectivity index (χ3v) is 4.86. The average Bonchev–Trinajstić information content (AvgIpc) is 2.50. The Balaban J connectivity index is 1.99. The van der Waals surface area contributed by atoms with Gasteiger partial charge < -0.3 is 24.4 Å². The Morgan fingerprint density at radius 2 is 2.12 bits per heavy atom. The molecule has 1 N–H and O–H groups in total. The van der Waals surface area contributed by atoms with E-state index in [1.807, 2.05) is 25.7 Å². The minimum absolute atomic E-state index is 0.126. The molecule has 2 aliphatic rings. The third-order valence-electron chi connectivity index (χ3n) is 4.86. The van der Waals surface area contributed by atoms with Crippen molar-refractivity contribution in [2.75, 3.05) is 53.1 Å². The first kappa shape index (κ1) is 20.4. The van der Waals surface area contributed by atoms with Crippen molar-refractivity contribution in [3.8, 4) is 0 Å². The molecule has 0 aromatic rings. The number of amides is 1. The number of morpholine rings is 1. The lowest BCUT2D eigenvalue weighted by atomic mass is 9.99. The third kappa shape index (κ3) is 5.54. The molecule has 0 aromatic heterocycles. The molecule has 0 aromatic carbocycles. The fourth-order valence-electron chi connectivity index (χ4n) is 3.48. The Kier molecular flexibility index (Phi) is 6.70. The molecule has 146 valence electrons. The van der Waals surface area contributed by atoms with Gasteiger partial charge in [0.1, 0.15) is 5.60 Å². The van der Waals surface area contributed by atoms with Crippen molar-refractivity contribution >= 4 is 6.09 Å². The second-order valence-electron chi connectivity index (χ2n) is 8.52. The molecular weight excluding hydrogens is 322 g/mol. The molecule has 0 bridgehead atoms. The Bertz CT molecular complexity index is 450. The molecule has 1 amide bonds. The van der Waals surface area contributed by atoms with Gasteiger partial charge in [-0.3, -0.25) is 4.90 Å². The first-order valence-electron chi connectivity index (χ1n) is 9.19. The van der Waals surface area contributed by atoms with E-state index in [1.54, 1.807) is 7.11 Å². The summed E-state index contributed by atoms with van der Waals surface area (Å²) in [5.41, 5.74) is -0.604. The van der Waals surface area contributed by atoms with Gasteiger partial charge in [-0.25, -0.2) is 4.79 Å². The Labute approximate surface area is 152 Å². The quantitative estimate of drug-likeness (QED) is 0.819. The normalized spacial score (nSPS) is 31.8. The average molecular weight is 357 g/mol. The zero-order valence-corrected chi connectivity index (χ0v) is 16.6. The molecule has 3 atom stereocenters. The number of nitrogens with one attached hydrogen (secondary N) is 1. The summed E-state index contributed by atoms with van der Waals surface area (Å²) in [5, 5.41) is 3.57. The van der Waals surface area contributed by atoms with Crippen LogP contribution in [0.5, 0.6) is 0 Å². The Morgan fingerprint density at radius 3 is 2.76 bits per heavy atom. The smallest absolute Gasteiger partial charge is 0.410 e. The summed E-state index contributed by atoms with van der Waals surface area (Å²) in [4.78, 5) is 16.8. The van der Waals surface area contributed by atoms with E-state index in [-0.39, 0.29) is 23.7 Å². The number of ether oxygens (including phenoxy) is 3. The van der Waals surface area contributed by atoms with Crippen LogP contribution in [0.3, 0.4) is 0 Å². The van der Waals surface area contributed by atoms with Gasteiger partial charge in [-0.15, -0.1) is 0 Å². The van der Waals surface area contributed by atoms with E-state index in [4.69, 9.17) is 14.2 Å². The van der Waals surface area contributed by atoms with Crippen molar-refractivity contribution < 1.29 is 19.0 Å². The van der Waals surface area contributed by atoms with Crippen molar-refractivity contribution in [2.45, 2.75) is 57.8 Å². The van der Waals surface area contributed by atoms with Crippen LogP contribution in [0.15, 0.2) is 0 Å². The number of carbonyl (C=O) groups is 1. The van der Waals surface area contributed by atoms with E-state index in [9.17, 15) is 4.79 Å². The molecule has 2 rings (SSSR count). The highest BCUT2D eigenvalue weighted by Crippen LogP contribution is 2.22. The fraction of sp³-hybridized carbons (Fsp3) is 0.944. The SMILES string of the molecule is COCC1(C)COCCN1C[C@H]1CN(C(=O)OC(C)(C)C)[C@H](C)CN1. The molecule has 1 unspecified atom stereocenters. The fourth-order valence-corrected chi connectivity index (χ4v) is 3.48. The second-order valence-corrected chi connectivity index (χ2v) is 8.52. The summed E-state index contributed by atoms with van der Waals surface area (Å²) >= 11 is 0. The second kappa shape index (κ2) is 8.20. The van der Waals surface area contributed by atoms with Crippen LogP contribution < -0.4 is 5.32 Å². The maximum atomic E-state index is 12.5. The van der Waals surface area contributed by atoms with Gasteiger partial charge in [0.05, 0.1) is 25.4 Å². The van der Waals surface area contributed by atoms with Crippen molar-refractivity contribution in [3.63, 3.8) is 0 Å². The molecule has 0 radical (unpaired) electrons. The lowest BCUT2D eigenvalue weighted by molar-refractivity contribution is -0.0942. The van der Waals surface area contributed by atoms with E-state index < -0.39 is 5.60 Å². The minimum atomic E-state index is -0.474. The van der Waals surface area contributed by atoms with Crippen molar-refractivity contribution in [2.24, 2.45) is 0 Å². The monoisotopic (exact) mass is 357 g/mol. The zero-order valence-electron chi connectivity index (χ0n) is 16.6. The number of hydrogen-bond donors (Lipinski definition) is 1. The Morgan fingerprint density at radius 1 is 1.40 bits per heavy atom. The predicted molar refractivity (Wildman–Crippen MR) is 96.9 cm³/mol. The molecule has 25 heavy (non-hydrogen) atoms. The summed E-state index contributed by atoms with van der Waals surface area (Å²) in [6.07, 6.45) is -0.229. The summed E-state index contributed by atoms with van der Waals surface area (Å²) in [6, 6.07) is 0.333. The summed E-state index contributed by atoms with van der Waals surface area (Å²) in [5.74, 6) is 0. The molecule has 0 saturated carbocycles. The number of nitrogens with zero attached hydrogens (tertiary/aromatic N) is 2. The maximum Gasteiger partial charge on any atom is 0.410 e. The molecule has 7 nitrogen and oxygen atoms in total. The van der Waals surface area contributed by atoms with E-state index in [2.05, 4.69) is 24.1 Å². The van der Waals surface area contributed by atoms with Crippen LogP contribution in [0.1, 0.15) is 34.6 Å². The predicted octanol–water partition coefficient (Wildman–Crippen LogP) is 1.32.